The van der Waals surface area contributed by atoms with E-state index in [1.165, 1.54) is 6.08 Å². The van der Waals surface area contributed by atoms with E-state index in [-0.39, 0.29) is 24.5 Å². The summed E-state index contributed by atoms with van der Waals surface area (Å²) in [6.45, 7) is 4.47. The minimum absolute atomic E-state index is 0.0676. The van der Waals surface area contributed by atoms with Crippen molar-refractivity contribution in [2.75, 3.05) is 6.61 Å². The maximum Gasteiger partial charge on any atom is 0.190 e. The molecular weight excluding hydrogens is 363 g/mol. The molecule has 0 spiro atoms. The van der Waals surface area contributed by atoms with Crippen molar-refractivity contribution in [3.05, 3.63) is 23.8 Å². The molecule has 4 rings (SSSR count). The van der Waals surface area contributed by atoms with Gasteiger partial charge in [-0.15, -0.1) is 0 Å². The van der Waals surface area contributed by atoms with Crippen LogP contribution in [-0.2, 0) is 9.59 Å². The Balaban J connectivity index is 1.85. The van der Waals surface area contributed by atoms with Crippen molar-refractivity contribution in [1.29, 1.82) is 0 Å². The summed E-state index contributed by atoms with van der Waals surface area (Å²) in [4.78, 5) is 24.4. The summed E-state index contributed by atoms with van der Waals surface area (Å²) in [5.41, 5.74) is -5.18. The van der Waals surface area contributed by atoms with E-state index in [0.717, 1.165) is 0 Å². The normalized spacial score (nSPS) is 52.5. The highest BCUT2D eigenvalue weighted by molar-refractivity contribution is 5.93. The summed E-state index contributed by atoms with van der Waals surface area (Å²) in [5.74, 6) is -2.09. The maximum absolute atomic E-state index is 16.9. The van der Waals surface area contributed by atoms with Gasteiger partial charge in [-0.25, -0.2) is 4.39 Å². The number of rotatable bonds is 2. The number of allylic oxidation sites excluding steroid dienone is 4. The molecule has 28 heavy (non-hydrogen) atoms. The molecule has 0 aromatic heterocycles. The van der Waals surface area contributed by atoms with Gasteiger partial charge in [0.25, 0.3) is 0 Å². The van der Waals surface area contributed by atoms with Gasteiger partial charge >= 0.3 is 0 Å². The molecule has 4 aliphatic rings. The van der Waals surface area contributed by atoms with Crippen LogP contribution in [0.4, 0.5) is 4.39 Å². The number of Topliss-reactive ketones (excluding diaryl/α,β-unsaturated/α-hetero) is 1. The van der Waals surface area contributed by atoms with Crippen molar-refractivity contribution in [2.24, 2.45) is 28.6 Å². The number of carbonyl (C=O) groups is 2. The fourth-order valence-electron chi connectivity index (χ4n) is 7.17. The van der Waals surface area contributed by atoms with Gasteiger partial charge in [0.2, 0.25) is 0 Å². The van der Waals surface area contributed by atoms with E-state index in [1.54, 1.807) is 26.8 Å². The Morgan fingerprint density at radius 2 is 2.00 bits per heavy atom. The van der Waals surface area contributed by atoms with Crippen LogP contribution < -0.4 is 0 Å². The van der Waals surface area contributed by atoms with Gasteiger partial charge in [0, 0.05) is 23.2 Å². The first-order valence-corrected chi connectivity index (χ1v) is 10.1. The predicted molar refractivity (Wildman–Crippen MR) is 99.9 cm³/mol. The van der Waals surface area contributed by atoms with Crippen LogP contribution in [0.2, 0.25) is 0 Å². The first-order valence-electron chi connectivity index (χ1n) is 10.1. The Bertz CT molecular complexity index is 805. The molecule has 0 aliphatic heterocycles. The summed E-state index contributed by atoms with van der Waals surface area (Å²) in [6.07, 6.45) is 4.41. The third-order valence-electron chi connectivity index (χ3n) is 8.75. The Labute approximate surface area is 164 Å². The summed E-state index contributed by atoms with van der Waals surface area (Å²) in [5, 5.41) is 32.0. The van der Waals surface area contributed by atoms with Gasteiger partial charge < -0.3 is 15.3 Å². The van der Waals surface area contributed by atoms with Gasteiger partial charge in [0.15, 0.2) is 17.2 Å². The third-order valence-corrected chi connectivity index (χ3v) is 8.75. The lowest BCUT2D eigenvalue weighted by Gasteiger charge is -2.62. The minimum atomic E-state index is -1.98. The summed E-state index contributed by atoms with van der Waals surface area (Å²) < 4.78 is 16.9. The zero-order chi connectivity index (χ0) is 20.7. The number of alkyl halides is 1. The number of fused-ring (bicyclic) bond motifs is 5. The second-order valence-electron chi connectivity index (χ2n) is 9.75. The van der Waals surface area contributed by atoms with E-state index in [2.05, 4.69) is 0 Å². The van der Waals surface area contributed by atoms with Crippen LogP contribution >= 0.6 is 0 Å². The first-order chi connectivity index (χ1) is 13.0. The van der Waals surface area contributed by atoms with E-state index in [9.17, 15) is 24.9 Å². The zero-order valence-corrected chi connectivity index (χ0v) is 16.6. The van der Waals surface area contributed by atoms with Gasteiger partial charge in [-0.05, 0) is 44.1 Å². The highest BCUT2D eigenvalue weighted by Gasteiger charge is 2.75. The number of carbonyl (C=O) groups excluding carboxylic acids is 2. The van der Waals surface area contributed by atoms with Crippen molar-refractivity contribution in [3.8, 4) is 0 Å². The van der Waals surface area contributed by atoms with Crippen LogP contribution in [0.1, 0.15) is 46.5 Å². The van der Waals surface area contributed by atoms with Crippen molar-refractivity contribution >= 4 is 11.6 Å². The predicted octanol–water partition coefficient (Wildman–Crippen LogP) is 1.90. The van der Waals surface area contributed by atoms with Crippen LogP contribution in [0.3, 0.4) is 0 Å². The van der Waals surface area contributed by atoms with E-state index >= 15 is 4.39 Å². The Hall–Kier alpha value is -1.37. The van der Waals surface area contributed by atoms with Gasteiger partial charge in [0.05, 0.1) is 6.10 Å². The number of aliphatic hydroxyl groups excluding tert-OH is 2. The Morgan fingerprint density at radius 3 is 2.64 bits per heavy atom. The molecule has 0 radical (unpaired) electrons. The van der Waals surface area contributed by atoms with Crippen molar-refractivity contribution < 1.29 is 29.3 Å². The fraction of sp³-hybridized carbons (Fsp3) is 0.727. The van der Waals surface area contributed by atoms with Gasteiger partial charge in [-0.1, -0.05) is 31.6 Å². The van der Waals surface area contributed by atoms with E-state index in [4.69, 9.17) is 0 Å². The topological polar surface area (TPSA) is 94.8 Å². The Morgan fingerprint density at radius 1 is 1.32 bits per heavy atom. The quantitative estimate of drug-likeness (QED) is 0.624. The highest BCUT2D eigenvalue weighted by atomic mass is 19.1. The largest absolute Gasteiger partial charge is 0.390 e. The van der Waals surface area contributed by atoms with Crippen LogP contribution in [0.15, 0.2) is 23.8 Å². The van der Waals surface area contributed by atoms with E-state index < -0.39 is 52.4 Å². The Kier molecular flexibility index (Phi) is 4.15. The summed E-state index contributed by atoms with van der Waals surface area (Å²) in [6, 6.07) is 0. The molecule has 0 amide bonds. The van der Waals surface area contributed by atoms with Gasteiger partial charge in [-0.2, -0.15) is 0 Å². The smallest absolute Gasteiger partial charge is 0.190 e. The van der Waals surface area contributed by atoms with Crippen LogP contribution in [0.25, 0.3) is 0 Å². The molecule has 8 atom stereocenters. The summed E-state index contributed by atoms with van der Waals surface area (Å²) in [7, 11) is 0. The van der Waals surface area contributed by atoms with Gasteiger partial charge in [0.1, 0.15) is 12.2 Å². The molecule has 154 valence electrons. The molecule has 3 N–H and O–H groups in total. The standard InChI is InChI=1S/C22H29FO5/c1-12-8-16-15-5-4-13-9-14(25)6-7-19(13,2)21(15,23)17(26)10-20(16,3)22(12,28)18(27)11-24/h4,6-7,12,15-17,24,26,28H,5,8-11H2,1-3H3/t12-,15?,16?,17-,19-,20-,21?,22-/m0/s1. The maximum atomic E-state index is 16.9. The molecule has 5 nitrogen and oxygen atoms in total. The molecule has 0 bridgehead atoms. The van der Waals surface area contributed by atoms with Crippen LogP contribution in [0.5, 0.6) is 0 Å². The van der Waals surface area contributed by atoms with E-state index in [1.807, 2.05) is 6.08 Å². The SMILES string of the molecule is C[C@H]1CC2C3CC=C4CC(=O)C=C[C@]4(C)C3(F)[C@@H](O)C[C@]2(C)[C@@]1(O)C(=O)CO. The van der Waals surface area contributed by atoms with Gasteiger partial charge in [-0.3, -0.25) is 9.59 Å². The minimum Gasteiger partial charge on any atom is -0.390 e. The number of aliphatic hydroxyl groups is 3. The lowest BCUT2D eigenvalue weighted by molar-refractivity contribution is -0.215. The molecule has 0 saturated heterocycles. The second kappa shape index (κ2) is 5.83. The lowest BCUT2D eigenvalue weighted by Crippen LogP contribution is -2.69. The number of halogens is 1. The zero-order valence-electron chi connectivity index (χ0n) is 16.6. The molecule has 6 heteroatoms. The monoisotopic (exact) mass is 392 g/mol. The lowest BCUT2D eigenvalue weighted by atomic mass is 9.45. The average Bonchev–Trinajstić information content (AvgIpc) is 2.84. The number of hydrogen-bond acceptors (Lipinski definition) is 5. The number of ketones is 2. The van der Waals surface area contributed by atoms with Crippen LogP contribution in [-0.4, -0.2) is 50.9 Å². The van der Waals surface area contributed by atoms with Crippen LogP contribution in [0, 0.1) is 28.6 Å². The molecule has 4 aliphatic carbocycles. The molecule has 2 saturated carbocycles. The first kappa shape index (κ1) is 19.9. The van der Waals surface area contributed by atoms with Crippen molar-refractivity contribution in [1.82, 2.24) is 0 Å². The summed E-state index contributed by atoms with van der Waals surface area (Å²) >= 11 is 0. The van der Waals surface area contributed by atoms with Crippen molar-refractivity contribution in [2.45, 2.75) is 63.8 Å². The average molecular weight is 392 g/mol. The number of hydrogen-bond donors (Lipinski definition) is 3. The molecular formula is C22H29FO5. The molecule has 2 fully saturated rings. The highest BCUT2D eigenvalue weighted by Crippen LogP contribution is 2.70. The van der Waals surface area contributed by atoms with Crippen molar-refractivity contribution in [3.63, 3.8) is 0 Å². The molecule has 3 unspecified atom stereocenters. The molecule has 0 aromatic carbocycles. The van der Waals surface area contributed by atoms with E-state index in [0.29, 0.717) is 18.4 Å². The third kappa shape index (κ3) is 2.01. The second-order valence-corrected chi connectivity index (χ2v) is 9.75. The molecule has 0 heterocycles. The molecule has 0 aromatic rings. The fourth-order valence-corrected chi connectivity index (χ4v) is 7.17.